The third-order valence-electron chi connectivity index (χ3n) is 2.32. The van der Waals surface area contributed by atoms with Crippen LogP contribution in [0.1, 0.15) is 17.3 Å². The maximum Gasteiger partial charge on any atom is 0.165 e. The fourth-order valence-corrected chi connectivity index (χ4v) is 1.47. The van der Waals surface area contributed by atoms with Crippen molar-refractivity contribution < 1.29 is 13.6 Å². The lowest BCUT2D eigenvalue weighted by Gasteiger charge is -2.05. The molecule has 0 aliphatic heterocycles. The van der Waals surface area contributed by atoms with Crippen molar-refractivity contribution in [2.24, 2.45) is 0 Å². The van der Waals surface area contributed by atoms with Gasteiger partial charge in [-0.2, -0.15) is 5.10 Å². The predicted octanol–water partition coefficient (Wildman–Crippen LogP) is 1.94. The van der Waals surface area contributed by atoms with Gasteiger partial charge in [0, 0.05) is 6.07 Å². The maximum absolute atomic E-state index is 13.5. The highest BCUT2D eigenvalue weighted by atomic mass is 19.1. The van der Waals surface area contributed by atoms with Gasteiger partial charge in [0.15, 0.2) is 11.6 Å². The molecule has 0 aliphatic rings. The van der Waals surface area contributed by atoms with Crippen LogP contribution in [0.2, 0.25) is 0 Å². The molecule has 0 spiro atoms. The molecule has 2 rings (SSSR count). The highest BCUT2D eigenvalue weighted by Gasteiger charge is 2.15. The SMILES string of the molecule is CC(=O)c1cnn(-c2ccc(F)cc2F)c1N. The lowest BCUT2D eigenvalue weighted by atomic mass is 10.2. The summed E-state index contributed by atoms with van der Waals surface area (Å²) in [6, 6.07) is 3.02. The molecule has 0 atom stereocenters. The molecular weight excluding hydrogens is 228 g/mol. The van der Waals surface area contributed by atoms with Crippen LogP contribution in [0.5, 0.6) is 0 Å². The van der Waals surface area contributed by atoms with Crippen LogP contribution in [-0.4, -0.2) is 15.6 Å². The summed E-state index contributed by atoms with van der Waals surface area (Å²) in [5, 5.41) is 3.81. The van der Waals surface area contributed by atoms with Crippen LogP contribution in [0.4, 0.5) is 14.6 Å². The average molecular weight is 237 g/mol. The molecule has 1 aromatic carbocycles. The minimum Gasteiger partial charge on any atom is -0.383 e. The number of nitrogens with two attached hydrogens (primary N) is 1. The molecule has 1 aromatic heterocycles. The molecule has 0 aliphatic carbocycles. The molecular formula is C11H9F2N3O. The van der Waals surface area contributed by atoms with Crippen LogP contribution in [0.15, 0.2) is 24.4 Å². The summed E-state index contributed by atoms with van der Waals surface area (Å²) in [6.07, 6.45) is 1.25. The Morgan fingerprint density at radius 1 is 1.41 bits per heavy atom. The highest BCUT2D eigenvalue weighted by molar-refractivity contribution is 5.98. The first kappa shape index (κ1) is 11.3. The van der Waals surface area contributed by atoms with Gasteiger partial charge in [-0.05, 0) is 19.1 Å². The molecule has 0 saturated carbocycles. The van der Waals surface area contributed by atoms with E-state index in [9.17, 15) is 13.6 Å². The van der Waals surface area contributed by atoms with Gasteiger partial charge in [-0.1, -0.05) is 0 Å². The first-order valence-electron chi connectivity index (χ1n) is 4.80. The summed E-state index contributed by atoms with van der Waals surface area (Å²) in [5.74, 6) is -1.72. The lowest BCUT2D eigenvalue weighted by molar-refractivity contribution is 0.101. The van der Waals surface area contributed by atoms with Crippen LogP contribution in [0, 0.1) is 11.6 Å². The Kier molecular flexibility index (Phi) is 2.63. The first-order valence-corrected chi connectivity index (χ1v) is 4.80. The topological polar surface area (TPSA) is 60.9 Å². The van der Waals surface area contributed by atoms with E-state index in [2.05, 4.69) is 5.10 Å². The quantitative estimate of drug-likeness (QED) is 0.812. The molecule has 2 aromatic rings. The molecule has 0 unspecified atom stereocenters. The Hall–Kier alpha value is -2.24. The van der Waals surface area contributed by atoms with E-state index in [4.69, 9.17) is 5.73 Å². The van der Waals surface area contributed by atoms with Crippen LogP contribution in [0.25, 0.3) is 5.69 Å². The summed E-state index contributed by atoms with van der Waals surface area (Å²) in [5.41, 5.74) is 5.86. The van der Waals surface area contributed by atoms with E-state index in [1.807, 2.05) is 0 Å². The van der Waals surface area contributed by atoms with Crippen molar-refractivity contribution >= 4 is 11.6 Å². The van der Waals surface area contributed by atoms with Gasteiger partial charge in [-0.15, -0.1) is 0 Å². The number of anilines is 1. The summed E-state index contributed by atoms with van der Waals surface area (Å²) >= 11 is 0. The predicted molar refractivity (Wildman–Crippen MR) is 57.9 cm³/mol. The fourth-order valence-electron chi connectivity index (χ4n) is 1.47. The molecule has 0 saturated heterocycles. The molecule has 4 nitrogen and oxygen atoms in total. The van der Waals surface area contributed by atoms with Crippen LogP contribution < -0.4 is 5.73 Å². The van der Waals surface area contributed by atoms with Crippen molar-refractivity contribution in [1.82, 2.24) is 9.78 Å². The van der Waals surface area contributed by atoms with E-state index in [0.717, 1.165) is 16.8 Å². The van der Waals surface area contributed by atoms with Crippen LogP contribution in [0.3, 0.4) is 0 Å². The number of hydrogen-bond acceptors (Lipinski definition) is 3. The monoisotopic (exact) mass is 237 g/mol. The summed E-state index contributed by atoms with van der Waals surface area (Å²) < 4.78 is 27.3. The Morgan fingerprint density at radius 2 is 2.12 bits per heavy atom. The number of halogens is 2. The van der Waals surface area contributed by atoms with Crippen molar-refractivity contribution in [1.29, 1.82) is 0 Å². The Balaban J connectivity index is 2.57. The molecule has 0 amide bonds. The number of rotatable bonds is 2. The van der Waals surface area contributed by atoms with Gasteiger partial charge in [0.2, 0.25) is 0 Å². The van der Waals surface area contributed by atoms with Gasteiger partial charge in [-0.3, -0.25) is 4.79 Å². The summed E-state index contributed by atoms with van der Waals surface area (Å²) in [4.78, 5) is 11.2. The van der Waals surface area contributed by atoms with Crippen LogP contribution in [-0.2, 0) is 0 Å². The second-order valence-electron chi connectivity index (χ2n) is 3.51. The smallest absolute Gasteiger partial charge is 0.165 e. The fraction of sp³-hybridized carbons (Fsp3) is 0.0909. The summed E-state index contributed by atoms with van der Waals surface area (Å²) in [7, 11) is 0. The van der Waals surface area contributed by atoms with E-state index in [-0.39, 0.29) is 22.9 Å². The van der Waals surface area contributed by atoms with E-state index >= 15 is 0 Å². The number of carbonyl (C=O) groups is 1. The minimum absolute atomic E-state index is 0.00333. The molecule has 2 N–H and O–H groups in total. The number of carbonyl (C=O) groups excluding carboxylic acids is 1. The minimum atomic E-state index is -0.796. The van der Waals surface area contributed by atoms with Gasteiger partial charge < -0.3 is 5.73 Å². The summed E-state index contributed by atoms with van der Waals surface area (Å²) in [6.45, 7) is 1.33. The van der Waals surface area contributed by atoms with Crippen molar-refractivity contribution in [3.63, 3.8) is 0 Å². The largest absolute Gasteiger partial charge is 0.383 e. The number of nitrogen functional groups attached to an aromatic ring is 1. The number of hydrogen-bond donors (Lipinski definition) is 1. The highest BCUT2D eigenvalue weighted by Crippen LogP contribution is 2.20. The molecule has 1 heterocycles. The Bertz CT molecular complexity index is 592. The van der Waals surface area contributed by atoms with E-state index in [1.165, 1.54) is 19.2 Å². The number of nitrogens with zero attached hydrogens (tertiary/aromatic N) is 2. The van der Waals surface area contributed by atoms with Crippen molar-refractivity contribution in [3.8, 4) is 5.69 Å². The third kappa shape index (κ3) is 1.89. The van der Waals surface area contributed by atoms with Gasteiger partial charge in [0.05, 0.1) is 11.8 Å². The number of Topliss-reactive ketones (excluding diaryl/α,β-unsaturated/α-hetero) is 1. The molecule has 0 radical (unpaired) electrons. The maximum atomic E-state index is 13.5. The second-order valence-corrected chi connectivity index (χ2v) is 3.51. The number of ketones is 1. The zero-order valence-corrected chi connectivity index (χ0v) is 8.95. The van der Waals surface area contributed by atoms with Crippen molar-refractivity contribution in [2.75, 3.05) is 5.73 Å². The molecule has 0 fully saturated rings. The molecule has 88 valence electrons. The second kappa shape index (κ2) is 3.97. The average Bonchev–Trinajstić information content (AvgIpc) is 2.60. The zero-order chi connectivity index (χ0) is 12.6. The number of aromatic nitrogens is 2. The van der Waals surface area contributed by atoms with Crippen molar-refractivity contribution in [3.05, 3.63) is 41.6 Å². The Morgan fingerprint density at radius 3 is 2.65 bits per heavy atom. The van der Waals surface area contributed by atoms with E-state index in [0.29, 0.717) is 0 Å². The van der Waals surface area contributed by atoms with Gasteiger partial charge >= 0.3 is 0 Å². The normalized spacial score (nSPS) is 10.5. The van der Waals surface area contributed by atoms with E-state index < -0.39 is 11.6 Å². The molecule has 6 heteroatoms. The first-order chi connectivity index (χ1) is 8.00. The molecule has 17 heavy (non-hydrogen) atoms. The molecule has 0 bridgehead atoms. The van der Waals surface area contributed by atoms with Gasteiger partial charge in [0.25, 0.3) is 0 Å². The number of benzene rings is 1. The van der Waals surface area contributed by atoms with E-state index in [1.54, 1.807) is 0 Å². The van der Waals surface area contributed by atoms with Crippen molar-refractivity contribution in [2.45, 2.75) is 6.92 Å². The zero-order valence-electron chi connectivity index (χ0n) is 8.95. The Labute approximate surface area is 95.7 Å². The van der Waals surface area contributed by atoms with Crippen LogP contribution >= 0.6 is 0 Å². The van der Waals surface area contributed by atoms with Gasteiger partial charge in [-0.25, -0.2) is 13.5 Å². The standard InChI is InChI=1S/C11H9F2N3O/c1-6(17)8-5-15-16(11(8)14)10-3-2-7(12)4-9(10)13/h2-5H,14H2,1H3. The lowest BCUT2D eigenvalue weighted by Crippen LogP contribution is -2.06. The van der Waals surface area contributed by atoms with Gasteiger partial charge in [0.1, 0.15) is 17.3 Å². The third-order valence-corrected chi connectivity index (χ3v) is 2.32.